The molecule has 1 unspecified atom stereocenters. The van der Waals surface area contributed by atoms with Gasteiger partial charge in [0.2, 0.25) is 0 Å². The minimum absolute atomic E-state index is 0.260. The third-order valence-corrected chi connectivity index (χ3v) is 2.60. The SMILES string of the molecule is C/C=C/C(Cl)CCCCCCCC. The summed E-state index contributed by atoms with van der Waals surface area (Å²) in [6.07, 6.45) is 13.4. The summed E-state index contributed by atoms with van der Waals surface area (Å²) >= 11 is 6.03. The van der Waals surface area contributed by atoms with Crippen LogP contribution in [0, 0.1) is 0 Å². The predicted molar refractivity (Wildman–Crippen MR) is 62.4 cm³/mol. The van der Waals surface area contributed by atoms with E-state index in [0.717, 1.165) is 6.42 Å². The van der Waals surface area contributed by atoms with Crippen molar-refractivity contribution in [1.82, 2.24) is 0 Å². The molecule has 0 aromatic rings. The zero-order valence-corrected chi connectivity index (χ0v) is 9.82. The van der Waals surface area contributed by atoms with Gasteiger partial charge in [0.25, 0.3) is 0 Å². The van der Waals surface area contributed by atoms with Gasteiger partial charge in [0, 0.05) is 0 Å². The summed E-state index contributed by atoms with van der Waals surface area (Å²) in [6.45, 7) is 4.28. The first-order valence-corrected chi connectivity index (χ1v) is 6.01. The molecule has 0 spiro atoms. The van der Waals surface area contributed by atoms with Gasteiger partial charge in [-0.05, 0) is 13.3 Å². The largest absolute Gasteiger partial charge is 0.118 e. The Morgan fingerprint density at radius 2 is 1.69 bits per heavy atom. The van der Waals surface area contributed by atoms with E-state index in [2.05, 4.69) is 13.0 Å². The number of hydrogen-bond donors (Lipinski definition) is 0. The molecule has 0 radical (unpaired) electrons. The first-order valence-electron chi connectivity index (χ1n) is 5.58. The Hall–Kier alpha value is 0.0300. The van der Waals surface area contributed by atoms with E-state index in [-0.39, 0.29) is 5.38 Å². The monoisotopic (exact) mass is 202 g/mol. The lowest BCUT2D eigenvalue weighted by Gasteiger charge is -2.03. The number of halogens is 1. The van der Waals surface area contributed by atoms with Gasteiger partial charge in [0.15, 0.2) is 0 Å². The Bertz CT molecular complexity index is 118. The third-order valence-electron chi connectivity index (χ3n) is 2.23. The standard InChI is InChI=1S/C12H23Cl/c1-3-5-6-7-8-9-11-12(13)10-4-2/h4,10,12H,3,5-9,11H2,1-2H3/b10-4+. The molecular formula is C12H23Cl. The van der Waals surface area contributed by atoms with E-state index in [1.165, 1.54) is 38.5 Å². The van der Waals surface area contributed by atoms with Gasteiger partial charge < -0.3 is 0 Å². The predicted octanol–water partition coefficient (Wildman–Crippen LogP) is 4.92. The minimum atomic E-state index is 0.260. The smallest absolute Gasteiger partial charge is 0.0515 e. The molecule has 0 amide bonds. The van der Waals surface area contributed by atoms with Gasteiger partial charge in [0.1, 0.15) is 0 Å². The first kappa shape index (κ1) is 13.0. The normalized spacial score (nSPS) is 13.8. The molecule has 0 bridgehead atoms. The average Bonchev–Trinajstić information content (AvgIpc) is 2.11. The number of unbranched alkanes of at least 4 members (excludes halogenated alkanes) is 5. The molecule has 0 rings (SSSR count). The molecule has 0 aliphatic carbocycles. The summed E-state index contributed by atoms with van der Waals surface area (Å²) in [5, 5.41) is 0.260. The van der Waals surface area contributed by atoms with Crippen LogP contribution in [0.5, 0.6) is 0 Å². The minimum Gasteiger partial charge on any atom is -0.118 e. The maximum Gasteiger partial charge on any atom is 0.0515 e. The highest BCUT2D eigenvalue weighted by molar-refractivity contribution is 6.21. The Balaban J connectivity index is 3.06. The fraction of sp³-hybridized carbons (Fsp3) is 0.833. The van der Waals surface area contributed by atoms with Gasteiger partial charge in [-0.25, -0.2) is 0 Å². The van der Waals surface area contributed by atoms with Crippen LogP contribution < -0.4 is 0 Å². The molecule has 0 aromatic heterocycles. The van der Waals surface area contributed by atoms with Crippen molar-refractivity contribution in [2.45, 2.75) is 64.2 Å². The van der Waals surface area contributed by atoms with Crippen LogP contribution in [0.15, 0.2) is 12.2 Å². The molecule has 0 fully saturated rings. The van der Waals surface area contributed by atoms with Gasteiger partial charge in [0.05, 0.1) is 5.38 Å². The van der Waals surface area contributed by atoms with Crippen molar-refractivity contribution in [1.29, 1.82) is 0 Å². The quantitative estimate of drug-likeness (QED) is 0.298. The molecule has 0 aliphatic heterocycles. The van der Waals surface area contributed by atoms with Gasteiger partial charge in [-0.15, -0.1) is 11.6 Å². The topological polar surface area (TPSA) is 0 Å². The van der Waals surface area contributed by atoms with Crippen LogP contribution in [0.1, 0.15) is 58.8 Å². The Kier molecular flexibility index (Phi) is 10.1. The second-order valence-electron chi connectivity index (χ2n) is 3.60. The molecule has 0 N–H and O–H groups in total. The number of hydrogen-bond acceptors (Lipinski definition) is 0. The van der Waals surface area contributed by atoms with Crippen molar-refractivity contribution < 1.29 is 0 Å². The summed E-state index contributed by atoms with van der Waals surface area (Å²) in [4.78, 5) is 0. The van der Waals surface area contributed by atoms with Crippen LogP contribution in [0.3, 0.4) is 0 Å². The molecule has 0 nitrogen and oxygen atoms in total. The van der Waals surface area contributed by atoms with Crippen LogP contribution >= 0.6 is 11.6 Å². The van der Waals surface area contributed by atoms with Gasteiger partial charge in [-0.2, -0.15) is 0 Å². The fourth-order valence-corrected chi connectivity index (χ4v) is 1.72. The van der Waals surface area contributed by atoms with Gasteiger partial charge in [-0.3, -0.25) is 0 Å². The highest BCUT2D eigenvalue weighted by atomic mass is 35.5. The van der Waals surface area contributed by atoms with Crippen molar-refractivity contribution in [2.24, 2.45) is 0 Å². The second-order valence-corrected chi connectivity index (χ2v) is 4.16. The maximum atomic E-state index is 6.03. The summed E-state index contributed by atoms with van der Waals surface area (Å²) in [6, 6.07) is 0. The third kappa shape index (κ3) is 9.95. The summed E-state index contributed by atoms with van der Waals surface area (Å²) in [5.41, 5.74) is 0. The van der Waals surface area contributed by atoms with E-state index in [4.69, 9.17) is 11.6 Å². The van der Waals surface area contributed by atoms with Gasteiger partial charge in [-0.1, -0.05) is 57.6 Å². The molecular weight excluding hydrogens is 180 g/mol. The summed E-state index contributed by atoms with van der Waals surface area (Å²) in [5.74, 6) is 0. The lowest BCUT2D eigenvalue weighted by atomic mass is 10.1. The second kappa shape index (κ2) is 10.1. The molecule has 13 heavy (non-hydrogen) atoms. The molecule has 0 saturated heterocycles. The Morgan fingerprint density at radius 3 is 2.31 bits per heavy atom. The highest BCUT2D eigenvalue weighted by Gasteiger charge is 1.98. The fourth-order valence-electron chi connectivity index (χ4n) is 1.42. The zero-order chi connectivity index (χ0) is 9.94. The van der Waals surface area contributed by atoms with Crippen molar-refractivity contribution >= 4 is 11.6 Å². The van der Waals surface area contributed by atoms with Crippen molar-refractivity contribution in [3.05, 3.63) is 12.2 Å². The summed E-state index contributed by atoms with van der Waals surface area (Å²) in [7, 11) is 0. The lowest BCUT2D eigenvalue weighted by Crippen LogP contribution is -1.92. The molecule has 1 atom stereocenters. The van der Waals surface area contributed by atoms with E-state index in [1.54, 1.807) is 0 Å². The van der Waals surface area contributed by atoms with Gasteiger partial charge >= 0.3 is 0 Å². The van der Waals surface area contributed by atoms with Crippen LogP contribution in [0.2, 0.25) is 0 Å². The van der Waals surface area contributed by atoms with E-state index >= 15 is 0 Å². The van der Waals surface area contributed by atoms with E-state index in [1.807, 2.05) is 13.0 Å². The Labute approximate surface area is 88.4 Å². The number of rotatable bonds is 8. The van der Waals surface area contributed by atoms with Crippen LogP contribution in [0.4, 0.5) is 0 Å². The first-order chi connectivity index (χ1) is 6.31. The zero-order valence-electron chi connectivity index (χ0n) is 9.06. The van der Waals surface area contributed by atoms with Crippen molar-refractivity contribution in [2.75, 3.05) is 0 Å². The lowest BCUT2D eigenvalue weighted by molar-refractivity contribution is 0.593. The van der Waals surface area contributed by atoms with Crippen LogP contribution in [-0.2, 0) is 0 Å². The van der Waals surface area contributed by atoms with E-state index in [9.17, 15) is 0 Å². The average molecular weight is 203 g/mol. The summed E-state index contributed by atoms with van der Waals surface area (Å²) < 4.78 is 0. The van der Waals surface area contributed by atoms with Crippen LogP contribution in [0.25, 0.3) is 0 Å². The maximum absolute atomic E-state index is 6.03. The van der Waals surface area contributed by atoms with Crippen LogP contribution in [-0.4, -0.2) is 5.38 Å². The molecule has 0 aliphatic rings. The number of alkyl halides is 1. The number of allylic oxidation sites excluding steroid dienone is 2. The van der Waals surface area contributed by atoms with Crippen molar-refractivity contribution in [3.8, 4) is 0 Å². The van der Waals surface area contributed by atoms with E-state index < -0.39 is 0 Å². The Morgan fingerprint density at radius 1 is 1.08 bits per heavy atom. The molecule has 78 valence electrons. The molecule has 0 heterocycles. The highest BCUT2D eigenvalue weighted by Crippen LogP contribution is 2.12. The van der Waals surface area contributed by atoms with E-state index in [0.29, 0.717) is 0 Å². The molecule has 0 aromatic carbocycles. The van der Waals surface area contributed by atoms with Crippen molar-refractivity contribution in [3.63, 3.8) is 0 Å². The molecule has 1 heteroatoms. The molecule has 0 saturated carbocycles.